The first-order valence-electron chi connectivity index (χ1n) is 9.54. The second-order valence-electron chi connectivity index (χ2n) is 7.35. The third-order valence-electron chi connectivity index (χ3n) is 5.58. The van der Waals surface area contributed by atoms with E-state index in [9.17, 15) is 9.59 Å². The molecule has 0 spiro atoms. The van der Waals surface area contributed by atoms with Crippen LogP contribution in [-0.4, -0.2) is 35.8 Å². The highest BCUT2D eigenvalue weighted by Gasteiger charge is 2.30. The number of carbonyl (C=O) groups excluding carboxylic acids is 2. The van der Waals surface area contributed by atoms with E-state index in [-0.39, 0.29) is 17.9 Å². The number of primary amides is 1. The third kappa shape index (κ3) is 4.60. The van der Waals surface area contributed by atoms with Crippen LogP contribution in [0.3, 0.4) is 0 Å². The van der Waals surface area contributed by atoms with Crippen molar-refractivity contribution in [2.45, 2.75) is 57.0 Å². The number of carbonyl (C=O) groups is 2. The first-order chi connectivity index (χ1) is 12.1. The fourth-order valence-corrected chi connectivity index (χ4v) is 4.10. The zero-order valence-corrected chi connectivity index (χ0v) is 14.8. The van der Waals surface area contributed by atoms with Crippen LogP contribution in [0.25, 0.3) is 0 Å². The molecule has 2 amide bonds. The van der Waals surface area contributed by atoms with Gasteiger partial charge in [-0.3, -0.25) is 14.9 Å². The molecule has 0 radical (unpaired) electrons. The largest absolute Gasteiger partial charge is 0.368 e. The van der Waals surface area contributed by atoms with Crippen LogP contribution in [-0.2, 0) is 9.59 Å². The zero-order valence-electron chi connectivity index (χ0n) is 14.8. The molecule has 3 N–H and O–H groups in total. The van der Waals surface area contributed by atoms with E-state index < -0.39 is 6.04 Å². The van der Waals surface area contributed by atoms with Gasteiger partial charge in [-0.2, -0.15) is 0 Å². The monoisotopic (exact) mass is 343 g/mol. The van der Waals surface area contributed by atoms with Gasteiger partial charge in [-0.15, -0.1) is 0 Å². The molecule has 1 aliphatic heterocycles. The normalized spacial score (nSPS) is 21.0. The number of nitrogens with zero attached hydrogens (tertiary/aromatic N) is 1. The molecular weight excluding hydrogens is 314 g/mol. The molecule has 0 aromatic heterocycles. The SMILES string of the molecule is NC(=O)[C@H](NC1CCN(C(=O)C2CCCCC2)CC1)c1ccccc1. The van der Waals surface area contributed by atoms with Crippen molar-refractivity contribution in [3.63, 3.8) is 0 Å². The van der Waals surface area contributed by atoms with Gasteiger partial charge in [0.25, 0.3) is 0 Å². The number of hydrogen-bond acceptors (Lipinski definition) is 3. The van der Waals surface area contributed by atoms with Crippen LogP contribution in [0.1, 0.15) is 56.6 Å². The minimum atomic E-state index is -0.466. The summed E-state index contributed by atoms with van der Waals surface area (Å²) in [6.07, 6.45) is 7.48. The topological polar surface area (TPSA) is 75.4 Å². The fraction of sp³-hybridized carbons (Fsp3) is 0.600. The number of piperidine rings is 1. The highest BCUT2D eigenvalue weighted by atomic mass is 16.2. The van der Waals surface area contributed by atoms with E-state index in [0.717, 1.165) is 44.3 Å². The van der Waals surface area contributed by atoms with Crippen molar-refractivity contribution in [2.75, 3.05) is 13.1 Å². The molecule has 1 saturated heterocycles. The lowest BCUT2D eigenvalue weighted by Crippen LogP contribution is -2.49. The van der Waals surface area contributed by atoms with E-state index in [1.54, 1.807) is 0 Å². The first kappa shape index (κ1) is 17.9. The van der Waals surface area contributed by atoms with Crippen molar-refractivity contribution in [2.24, 2.45) is 11.7 Å². The molecule has 2 fully saturated rings. The predicted molar refractivity (Wildman–Crippen MR) is 97.7 cm³/mol. The van der Waals surface area contributed by atoms with Crippen LogP contribution in [0.2, 0.25) is 0 Å². The maximum Gasteiger partial charge on any atom is 0.239 e. The van der Waals surface area contributed by atoms with Gasteiger partial charge in [0.15, 0.2) is 0 Å². The minimum Gasteiger partial charge on any atom is -0.368 e. The van der Waals surface area contributed by atoms with Crippen LogP contribution in [0, 0.1) is 5.92 Å². The van der Waals surface area contributed by atoms with Crippen LogP contribution in [0.15, 0.2) is 30.3 Å². The van der Waals surface area contributed by atoms with Crippen molar-refractivity contribution in [3.05, 3.63) is 35.9 Å². The van der Waals surface area contributed by atoms with Gasteiger partial charge in [0, 0.05) is 25.0 Å². The zero-order chi connectivity index (χ0) is 17.6. The van der Waals surface area contributed by atoms with E-state index in [2.05, 4.69) is 5.32 Å². The molecule has 1 aromatic carbocycles. The van der Waals surface area contributed by atoms with E-state index in [1.807, 2.05) is 35.2 Å². The second kappa shape index (κ2) is 8.48. The number of rotatable bonds is 5. The van der Waals surface area contributed by atoms with Crippen LogP contribution < -0.4 is 11.1 Å². The molecule has 136 valence electrons. The van der Waals surface area contributed by atoms with Crippen molar-refractivity contribution in [3.8, 4) is 0 Å². The number of likely N-dealkylation sites (tertiary alicyclic amines) is 1. The van der Waals surface area contributed by atoms with Gasteiger partial charge >= 0.3 is 0 Å². The summed E-state index contributed by atoms with van der Waals surface area (Å²) >= 11 is 0. The highest BCUT2D eigenvalue weighted by Crippen LogP contribution is 2.27. The highest BCUT2D eigenvalue weighted by molar-refractivity contribution is 5.81. The summed E-state index contributed by atoms with van der Waals surface area (Å²) < 4.78 is 0. The lowest BCUT2D eigenvalue weighted by Gasteiger charge is -2.36. The number of hydrogen-bond donors (Lipinski definition) is 2. The second-order valence-corrected chi connectivity index (χ2v) is 7.35. The van der Waals surface area contributed by atoms with E-state index in [1.165, 1.54) is 19.3 Å². The summed E-state index contributed by atoms with van der Waals surface area (Å²) in [6.45, 7) is 1.54. The average molecular weight is 343 g/mol. The smallest absolute Gasteiger partial charge is 0.239 e. The first-order valence-corrected chi connectivity index (χ1v) is 9.54. The number of nitrogens with two attached hydrogens (primary N) is 1. The summed E-state index contributed by atoms with van der Waals surface area (Å²) in [7, 11) is 0. The summed E-state index contributed by atoms with van der Waals surface area (Å²) in [5, 5.41) is 3.40. The Morgan fingerprint density at radius 2 is 1.64 bits per heavy atom. The van der Waals surface area contributed by atoms with Gasteiger partial charge in [0.2, 0.25) is 11.8 Å². The molecule has 0 unspecified atom stereocenters. The molecule has 3 rings (SSSR count). The van der Waals surface area contributed by atoms with Gasteiger partial charge in [-0.05, 0) is 31.2 Å². The predicted octanol–water partition coefficient (Wildman–Crippen LogP) is 2.37. The molecule has 2 aliphatic rings. The average Bonchev–Trinajstić information content (AvgIpc) is 2.67. The van der Waals surface area contributed by atoms with Gasteiger partial charge in [-0.25, -0.2) is 0 Å². The molecule has 1 saturated carbocycles. The van der Waals surface area contributed by atoms with Gasteiger partial charge in [-0.1, -0.05) is 49.6 Å². The minimum absolute atomic E-state index is 0.216. The molecule has 1 heterocycles. The molecule has 0 bridgehead atoms. The summed E-state index contributed by atoms with van der Waals surface area (Å²) in [5.74, 6) is 0.223. The standard InChI is InChI=1S/C20H29N3O2/c21-19(24)18(15-7-3-1-4-8-15)22-17-11-13-23(14-12-17)20(25)16-9-5-2-6-10-16/h1,3-4,7-8,16-18,22H,2,5-6,9-14H2,(H2,21,24)/t18-/m1/s1. The Morgan fingerprint density at radius 3 is 2.24 bits per heavy atom. The van der Waals surface area contributed by atoms with Gasteiger partial charge < -0.3 is 10.6 Å². The molecular formula is C20H29N3O2. The lowest BCUT2D eigenvalue weighted by molar-refractivity contribution is -0.137. The number of benzene rings is 1. The van der Waals surface area contributed by atoms with Crippen molar-refractivity contribution in [1.82, 2.24) is 10.2 Å². The Hall–Kier alpha value is -1.88. The molecule has 25 heavy (non-hydrogen) atoms. The summed E-state index contributed by atoms with van der Waals surface area (Å²) in [6, 6.07) is 9.35. The van der Waals surface area contributed by atoms with Gasteiger partial charge in [0.1, 0.15) is 6.04 Å². The summed E-state index contributed by atoms with van der Waals surface area (Å²) in [4.78, 5) is 26.5. The Balaban J connectivity index is 1.53. The Morgan fingerprint density at radius 1 is 1.00 bits per heavy atom. The van der Waals surface area contributed by atoms with Crippen LogP contribution >= 0.6 is 0 Å². The molecule has 5 heteroatoms. The molecule has 1 aliphatic carbocycles. The molecule has 1 aromatic rings. The van der Waals surface area contributed by atoms with Crippen molar-refractivity contribution < 1.29 is 9.59 Å². The Labute approximate surface area is 150 Å². The maximum atomic E-state index is 12.6. The van der Waals surface area contributed by atoms with Crippen LogP contribution in [0.5, 0.6) is 0 Å². The van der Waals surface area contributed by atoms with Gasteiger partial charge in [0.05, 0.1) is 0 Å². The Kier molecular flexibility index (Phi) is 6.08. The van der Waals surface area contributed by atoms with E-state index in [0.29, 0.717) is 5.91 Å². The van der Waals surface area contributed by atoms with Crippen molar-refractivity contribution >= 4 is 11.8 Å². The quantitative estimate of drug-likeness (QED) is 0.862. The maximum absolute atomic E-state index is 12.6. The molecule has 1 atom stereocenters. The number of nitrogens with one attached hydrogen (secondary N) is 1. The molecule has 5 nitrogen and oxygen atoms in total. The summed E-state index contributed by atoms with van der Waals surface area (Å²) in [5.41, 5.74) is 6.49. The van der Waals surface area contributed by atoms with Crippen LogP contribution in [0.4, 0.5) is 0 Å². The Bertz CT molecular complexity index is 576. The van der Waals surface area contributed by atoms with E-state index >= 15 is 0 Å². The number of amides is 2. The van der Waals surface area contributed by atoms with Crippen molar-refractivity contribution in [1.29, 1.82) is 0 Å². The third-order valence-corrected chi connectivity index (χ3v) is 5.58. The van der Waals surface area contributed by atoms with E-state index in [4.69, 9.17) is 5.73 Å². The lowest BCUT2D eigenvalue weighted by atomic mass is 9.87. The fourth-order valence-electron chi connectivity index (χ4n) is 4.10.